The SMILES string of the molecule is CC(C)(C)c1ccc(C#Cc2cc3ccccc3cc2Br)cc1. The molecule has 0 nitrogen and oxygen atoms in total. The molecular formula is C22H19Br. The van der Waals surface area contributed by atoms with Crippen LogP contribution in [0, 0.1) is 11.8 Å². The van der Waals surface area contributed by atoms with Crippen LogP contribution in [0.3, 0.4) is 0 Å². The van der Waals surface area contributed by atoms with Gasteiger partial charge >= 0.3 is 0 Å². The van der Waals surface area contributed by atoms with E-state index < -0.39 is 0 Å². The van der Waals surface area contributed by atoms with Crippen LogP contribution in [-0.2, 0) is 5.41 Å². The van der Waals surface area contributed by atoms with Crippen LogP contribution in [0.15, 0.2) is 65.1 Å². The van der Waals surface area contributed by atoms with Crippen LogP contribution >= 0.6 is 15.9 Å². The molecule has 0 saturated carbocycles. The van der Waals surface area contributed by atoms with Crippen LogP contribution in [0.1, 0.15) is 37.5 Å². The average molecular weight is 363 g/mol. The van der Waals surface area contributed by atoms with Gasteiger partial charge in [-0.3, -0.25) is 0 Å². The Labute approximate surface area is 146 Å². The highest BCUT2D eigenvalue weighted by Crippen LogP contribution is 2.24. The van der Waals surface area contributed by atoms with Gasteiger partial charge in [0, 0.05) is 15.6 Å². The summed E-state index contributed by atoms with van der Waals surface area (Å²) in [6.45, 7) is 6.67. The van der Waals surface area contributed by atoms with Crippen molar-refractivity contribution in [2.75, 3.05) is 0 Å². The van der Waals surface area contributed by atoms with E-state index in [1.807, 2.05) is 0 Å². The zero-order chi connectivity index (χ0) is 16.4. The zero-order valence-electron chi connectivity index (χ0n) is 13.7. The van der Waals surface area contributed by atoms with Crippen molar-refractivity contribution in [3.05, 3.63) is 81.8 Å². The van der Waals surface area contributed by atoms with Crippen LogP contribution in [0.4, 0.5) is 0 Å². The minimum atomic E-state index is 0.174. The fourth-order valence-corrected chi connectivity index (χ4v) is 2.96. The fourth-order valence-electron chi connectivity index (χ4n) is 2.50. The Morgan fingerprint density at radius 3 is 2.00 bits per heavy atom. The molecule has 0 atom stereocenters. The first-order valence-electron chi connectivity index (χ1n) is 7.74. The van der Waals surface area contributed by atoms with E-state index in [1.165, 1.54) is 16.3 Å². The average Bonchev–Trinajstić information content (AvgIpc) is 2.52. The maximum absolute atomic E-state index is 3.63. The Hall–Kier alpha value is -2.04. The van der Waals surface area contributed by atoms with E-state index in [-0.39, 0.29) is 5.41 Å². The summed E-state index contributed by atoms with van der Waals surface area (Å²) >= 11 is 3.63. The summed E-state index contributed by atoms with van der Waals surface area (Å²) in [7, 11) is 0. The van der Waals surface area contributed by atoms with Gasteiger partial charge in [0.1, 0.15) is 0 Å². The Bertz CT molecular complexity index is 901. The summed E-state index contributed by atoms with van der Waals surface area (Å²) < 4.78 is 1.04. The molecule has 3 rings (SSSR count). The normalized spacial score (nSPS) is 11.1. The molecule has 0 aliphatic carbocycles. The predicted molar refractivity (Wildman–Crippen MR) is 103 cm³/mol. The van der Waals surface area contributed by atoms with Gasteiger partial charge in [-0.1, -0.05) is 69.0 Å². The van der Waals surface area contributed by atoms with Crippen LogP contribution < -0.4 is 0 Å². The van der Waals surface area contributed by atoms with E-state index >= 15 is 0 Å². The quantitative estimate of drug-likeness (QED) is 0.411. The van der Waals surface area contributed by atoms with Crippen LogP contribution in [0.2, 0.25) is 0 Å². The third-order valence-electron chi connectivity index (χ3n) is 3.93. The molecule has 0 fully saturated rings. The largest absolute Gasteiger partial charge is 0.0616 e. The highest BCUT2D eigenvalue weighted by molar-refractivity contribution is 9.10. The summed E-state index contributed by atoms with van der Waals surface area (Å²) in [6, 6.07) is 21.1. The Morgan fingerprint density at radius 1 is 0.783 bits per heavy atom. The molecule has 114 valence electrons. The van der Waals surface area contributed by atoms with Crippen molar-refractivity contribution >= 4 is 26.7 Å². The molecule has 0 bridgehead atoms. The van der Waals surface area contributed by atoms with Gasteiger partial charge in [-0.05, 0) is 61.9 Å². The van der Waals surface area contributed by atoms with Gasteiger partial charge in [-0.2, -0.15) is 0 Å². The topological polar surface area (TPSA) is 0 Å². The smallest absolute Gasteiger partial charge is 0.0397 e. The first-order chi connectivity index (χ1) is 10.9. The molecule has 0 radical (unpaired) electrons. The van der Waals surface area contributed by atoms with Crippen molar-refractivity contribution in [3.63, 3.8) is 0 Å². The van der Waals surface area contributed by atoms with Crippen molar-refractivity contribution in [1.82, 2.24) is 0 Å². The van der Waals surface area contributed by atoms with E-state index in [4.69, 9.17) is 0 Å². The molecule has 0 heterocycles. The lowest BCUT2D eigenvalue weighted by Crippen LogP contribution is -2.10. The molecule has 23 heavy (non-hydrogen) atoms. The highest BCUT2D eigenvalue weighted by atomic mass is 79.9. The van der Waals surface area contributed by atoms with E-state index in [1.54, 1.807) is 0 Å². The lowest BCUT2D eigenvalue weighted by molar-refractivity contribution is 0.590. The van der Waals surface area contributed by atoms with E-state index in [9.17, 15) is 0 Å². The first-order valence-corrected chi connectivity index (χ1v) is 8.54. The van der Waals surface area contributed by atoms with Gasteiger partial charge in [0.2, 0.25) is 0 Å². The number of hydrogen-bond donors (Lipinski definition) is 0. The summed E-state index contributed by atoms with van der Waals surface area (Å²) in [5, 5.41) is 2.43. The maximum Gasteiger partial charge on any atom is 0.0397 e. The lowest BCUT2D eigenvalue weighted by Gasteiger charge is -2.18. The predicted octanol–water partition coefficient (Wildman–Crippen LogP) is 6.30. The number of halogens is 1. The van der Waals surface area contributed by atoms with Crippen molar-refractivity contribution in [1.29, 1.82) is 0 Å². The molecule has 3 aromatic carbocycles. The van der Waals surface area contributed by atoms with E-state index in [0.29, 0.717) is 0 Å². The second-order valence-corrected chi connectivity index (χ2v) is 7.61. The summed E-state index contributed by atoms with van der Waals surface area (Å²) in [5.74, 6) is 6.55. The van der Waals surface area contributed by atoms with Crippen molar-refractivity contribution in [3.8, 4) is 11.8 Å². The van der Waals surface area contributed by atoms with Gasteiger partial charge < -0.3 is 0 Å². The summed E-state index contributed by atoms with van der Waals surface area (Å²) in [6.07, 6.45) is 0. The van der Waals surface area contributed by atoms with Gasteiger partial charge in [-0.15, -0.1) is 0 Å². The minimum Gasteiger partial charge on any atom is -0.0616 e. The monoisotopic (exact) mass is 362 g/mol. The van der Waals surface area contributed by atoms with Crippen molar-refractivity contribution < 1.29 is 0 Å². The van der Waals surface area contributed by atoms with Gasteiger partial charge in [0.15, 0.2) is 0 Å². The molecule has 0 aliphatic rings. The molecule has 0 aromatic heterocycles. The molecule has 1 heteroatoms. The van der Waals surface area contributed by atoms with Crippen LogP contribution in [0.25, 0.3) is 10.8 Å². The third kappa shape index (κ3) is 3.66. The molecule has 0 aliphatic heterocycles. The Kier molecular flexibility index (Phi) is 4.28. The standard InChI is InChI=1S/C22H19Br/c1-22(2,3)20-12-9-16(10-13-20)8-11-19-14-17-6-4-5-7-18(17)15-21(19)23/h4-7,9-10,12-15H,1-3H3. The number of fused-ring (bicyclic) bond motifs is 1. The first kappa shape index (κ1) is 15.8. The van der Waals surface area contributed by atoms with Crippen LogP contribution in [-0.4, -0.2) is 0 Å². The molecular weight excluding hydrogens is 344 g/mol. The van der Waals surface area contributed by atoms with Crippen molar-refractivity contribution in [2.45, 2.75) is 26.2 Å². The van der Waals surface area contributed by atoms with E-state index in [2.05, 4.69) is 109 Å². The number of hydrogen-bond acceptors (Lipinski definition) is 0. The fraction of sp³-hybridized carbons (Fsp3) is 0.182. The van der Waals surface area contributed by atoms with Gasteiger partial charge in [0.25, 0.3) is 0 Å². The molecule has 0 N–H and O–H groups in total. The lowest BCUT2D eigenvalue weighted by atomic mass is 9.87. The highest BCUT2D eigenvalue weighted by Gasteiger charge is 2.12. The molecule has 0 amide bonds. The Morgan fingerprint density at radius 2 is 1.39 bits per heavy atom. The molecule has 0 spiro atoms. The Balaban J connectivity index is 1.94. The minimum absolute atomic E-state index is 0.174. The van der Waals surface area contributed by atoms with Gasteiger partial charge in [0.05, 0.1) is 0 Å². The molecule has 3 aromatic rings. The summed E-state index contributed by atoms with van der Waals surface area (Å²) in [4.78, 5) is 0. The van der Waals surface area contributed by atoms with E-state index in [0.717, 1.165) is 15.6 Å². The summed E-state index contributed by atoms with van der Waals surface area (Å²) in [5.41, 5.74) is 3.56. The maximum atomic E-state index is 3.63. The second kappa shape index (κ2) is 6.22. The zero-order valence-corrected chi connectivity index (χ0v) is 15.2. The molecule has 0 unspecified atom stereocenters. The number of rotatable bonds is 0. The van der Waals surface area contributed by atoms with Crippen LogP contribution in [0.5, 0.6) is 0 Å². The third-order valence-corrected chi connectivity index (χ3v) is 4.58. The second-order valence-electron chi connectivity index (χ2n) is 6.76. The van der Waals surface area contributed by atoms with Gasteiger partial charge in [-0.25, -0.2) is 0 Å². The molecule has 0 saturated heterocycles. The van der Waals surface area contributed by atoms with Crippen molar-refractivity contribution in [2.24, 2.45) is 0 Å². The number of benzene rings is 3.